The average Bonchev–Trinajstić information content (AvgIpc) is 3.41. The van der Waals surface area contributed by atoms with Gasteiger partial charge in [0.05, 0.1) is 25.2 Å². The molecular weight excluding hydrogens is 566 g/mol. The number of rotatable bonds is 10. The number of urea groups is 1. The monoisotopic (exact) mass is 607 g/mol. The van der Waals surface area contributed by atoms with E-state index in [2.05, 4.69) is 29.4 Å². The molecule has 9 heteroatoms. The molecule has 0 spiro atoms. The number of hydrogen-bond acceptors (Lipinski definition) is 7. The van der Waals surface area contributed by atoms with Crippen LogP contribution in [0.3, 0.4) is 0 Å². The quantitative estimate of drug-likeness (QED) is 0.212. The van der Waals surface area contributed by atoms with E-state index in [1.54, 1.807) is 13.1 Å². The molecule has 0 saturated carbocycles. The van der Waals surface area contributed by atoms with Gasteiger partial charge >= 0.3 is 12.0 Å². The molecule has 0 radical (unpaired) electrons. The van der Waals surface area contributed by atoms with Gasteiger partial charge in [0.25, 0.3) is 0 Å². The number of amides is 3. The average molecular weight is 608 g/mol. The van der Waals surface area contributed by atoms with Crippen molar-refractivity contribution < 1.29 is 19.1 Å². The number of nitrogens with zero attached hydrogens (tertiary/aromatic N) is 3. The highest BCUT2D eigenvalue weighted by molar-refractivity contribution is 5.98. The Labute approximate surface area is 264 Å². The van der Waals surface area contributed by atoms with E-state index in [-0.39, 0.29) is 43.1 Å². The molecule has 0 aliphatic carbocycles. The molecule has 9 nitrogen and oxygen atoms in total. The van der Waals surface area contributed by atoms with Crippen molar-refractivity contribution in [1.29, 1.82) is 0 Å². The lowest BCUT2D eigenvalue weighted by molar-refractivity contribution is -0.141. The molecule has 1 fully saturated rings. The second-order valence-corrected chi connectivity index (χ2v) is 11.6. The van der Waals surface area contributed by atoms with Crippen molar-refractivity contribution in [3.05, 3.63) is 108 Å². The van der Waals surface area contributed by atoms with Crippen LogP contribution in [-0.4, -0.2) is 57.9 Å². The number of benzene rings is 3. The Morgan fingerprint density at radius 3 is 2.38 bits per heavy atom. The summed E-state index contributed by atoms with van der Waals surface area (Å²) < 4.78 is 5.16. The topological polar surface area (TPSA) is 118 Å². The van der Waals surface area contributed by atoms with Gasteiger partial charge in [0, 0.05) is 23.5 Å². The number of fused-ring (bicyclic) bond motifs is 1. The third kappa shape index (κ3) is 7.15. The number of imide groups is 1. The van der Waals surface area contributed by atoms with Crippen LogP contribution >= 0.6 is 0 Å². The Bertz CT molecular complexity index is 1630. The minimum absolute atomic E-state index is 0.000387. The molecule has 2 heterocycles. The molecule has 1 aliphatic heterocycles. The number of anilines is 1. The predicted molar refractivity (Wildman–Crippen MR) is 175 cm³/mol. The Morgan fingerprint density at radius 2 is 1.71 bits per heavy atom. The molecule has 3 aromatic carbocycles. The van der Waals surface area contributed by atoms with Crippen LogP contribution in [0.5, 0.6) is 0 Å². The number of likely N-dealkylation sites (tertiary alicyclic amines) is 1. The fourth-order valence-electron chi connectivity index (χ4n) is 6.12. The number of hydrogen-bond donors (Lipinski definition) is 2. The number of nitrogens with two attached hydrogens (primary N) is 1. The van der Waals surface area contributed by atoms with E-state index >= 15 is 0 Å². The summed E-state index contributed by atoms with van der Waals surface area (Å²) in [5.41, 5.74) is 9.07. The maximum Gasteiger partial charge on any atom is 0.327 e. The lowest BCUT2D eigenvalue weighted by Crippen LogP contribution is -2.52. The third-order valence-electron chi connectivity index (χ3n) is 8.39. The lowest BCUT2D eigenvalue weighted by Gasteiger charge is -2.35. The summed E-state index contributed by atoms with van der Waals surface area (Å²) in [6.45, 7) is 6.03. The highest BCUT2D eigenvalue weighted by atomic mass is 16.5. The van der Waals surface area contributed by atoms with Crippen LogP contribution in [0.4, 0.5) is 10.6 Å². The van der Waals surface area contributed by atoms with Crippen molar-refractivity contribution >= 4 is 34.5 Å². The van der Waals surface area contributed by atoms with Crippen LogP contribution in [0.2, 0.25) is 0 Å². The number of aromatic nitrogens is 1. The number of ether oxygens (including phenoxy) is 1. The number of pyridine rings is 1. The lowest BCUT2D eigenvalue weighted by atomic mass is 9.90. The highest BCUT2D eigenvalue weighted by Crippen LogP contribution is 2.45. The Balaban J connectivity index is 1.44. The van der Waals surface area contributed by atoms with Crippen LogP contribution in [0.25, 0.3) is 10.8 Å². The van der Waals surface area contributed by atoms with E-state index in [9.17, 15) is 14.4 Å². The molecule has 2 unspecified atom stereocenters. The van der Waals surface area contributed by atoms with E-state index in [0.29, 0.717) is 12.4 Å². The summed E-state index contributed by atoms with van der Waals surface area (Å²) in [6, 6.07) is 26.2. The number of esters is 1. The van der Waals surface area contributed by atoms with Gasteiger partial charge in [-0.2, -0.15) is 0 Å². The maximum atomic E-state index is 14.5. The van der Waals surface area contributed by atoms with Crippen molar-refractivity contribution in [1.82, 2.24) is 14.8 Å². The first kappa shape index (κ1) is 31.7. The fraction of sp³-hybridized carbons (Fsp3) is 0.333. The van der Waals surface area contributed by atoms with E-state index < -0.39 is 11.9 Å². The SMILES string of the molecule is CCCOC(=O)CNc1nccc2cc(CN(C(=O)[C@H](C)N)C(=O)N3C(c4ccccc4)CC(c4ccccc4)[C@H]3C)ccc12. The summed E-state index contributed by atoms with van der Waals surface area (Å²) in [5.74, 6) is -0.137. The Morgan fingerprint density at radius 1 is 1.02 bits per heavy atom. The number of carbonyl (C=O) groups excluding carboxylic acids is 3. The molecule has 1 aliphatic rings. The smallest absolute Gasteiger partial charge is 0.327 e. The van der Waals surface area contributed by atoms with E-state index in [4.69, 9.17) is 10.5 Å². The van der Waals surface area contributed by atoms with Crippen molar-refractivity contribution in [2.24, 2.45) is 5.73 Å². The summed E-state index contributed by atoms with van der Waals surface area (Å²) in [6.07, 6.45) is 3.15. The largest absolute Gasteiger partial charge is 0.464 e. The van der Waals surface area contributed by atoms with Gasteiger partial charge in [0.15, 0.2) is 0 Å². The minimum atomic E-state index is -0.861. The van der Waals surface area contributed by atoms with Gasteiger partial charge in [-0.05, 0) is 60.9 Å². The molecule has 4 atom stereocenters. The van der Waals surface area contributed by atoms with Gasteiger partial charge in [-0.15, -0.1) is 0 Å². The van der Waals surface area contributed by atoms with Gasteiger partial charge in [-0.1, -0.05) is 79.7 Å². The van der Waals surface area contributed by atoms with Crippen molar-refractivity contribution in [2.75, 3.05) is 18.5 Å². The van der Waals surface area contributed by atoms with Gasteiger partial charge in [-0.3, -0.25) is 14.5 Å². The van der Waals surface area contributed by atoms with Crippen LogP contribution in [-0.2, 0) is 20.9 Å². The second kappa shape index (κ2) is 14.3. The summed E-state index contributed by atoms with van der Waals surface area (Å²) >= 11 is 0. The van der Waals surface area contributed by atoms with Crippen LogP contribution in [0.1, 0.15) is 62.3 Å². The molecule has 1 aromatic heterocycles. The summed E-state index contributed by atoms with van der Waals surface area (Å²) in [4.78, 5) is 47.7. The molecular formula is C36H41N5O4. The van der Waals surface area contributed by atoms with Gasteiger partial charge < -0.3 is 20.7 Å². The zero-order chi connectivity index (χ0) is 31.9. The van der Waals surface area contributed by atoms with Crippen molar-refractivity contribution in [3.8, 4) is 0 Å². The molecule has 234 valence electrons. The maximum absolute atomic E-state index is 14.5. The van der Waals surface area contributed by atoms with E-state index in [1.807, 2.05) is 84.6 Å². The van der Waals surface area contributed by atoms with E-state index in [1.165, 1.54) is 4.90 Å². The first-order chi connectivity index (χ1) is 21.8. The minimum Gasteiger partial charge on any atom is -0.464 e. The fourth-order valence-corrected chi connectivity index (χ4v) is 6.12. The van der Waals surface area contributed by atoms with Gasteiger partial charge in [-0.25, -0.2) is 9.78 Å². The van der Waals surface area contributed by atoms with Crippen LogP contribution < -0.4 is 11.1 Å². The Hall–Kier alpha value is -4.76. The zero-order valence-corrected chi connectivity index (χ0v) is 26.1. The standard InChI is InChI=1S/C36H41N5O4/c1-4-19-45-33(42)22-39-34-30-16-15-26(20-29(30)17-18-38-34)23-40(35(43)24(2)37)36(44)41-25(3)31(27-11-7-5-8-12-27)21-32(41)28-13-9-6-10-14-28/h5-18,20,24-25,31-32H,4,19,21-23,37H2,1-3H3,(H,38,39)/t24-,25+,31?,32?/m0/s1. The second-order valence-electron chi connectivity index (χ2n) is 11.6. The van der Waals surface area contributed by atoms with Crippen LogP contribution in [0, 0.1) is 0 Å². The third-order valence-corrected chi connectivity index (χ3v) is 8.39. The van der Waals surface area contributed by atoms with Gasteiger partial charge in [0.1, 0.15) is 12.4 Å². The van der Waals surface area contributed by atoms with E-state index in [0.717, 1.165) is 40.3 Å². The molecule has 45 heavy (non-hydrogen) atoms. The van der Waals surface area contributed by atoms with Crippen molar-refractivity contribution in [3.63, 3.8) is 0 Å². The molecule has 1 saturated heterocycles. The van der Waals surface area contributed by atoms with Gasteiger partial charge in [0.2, 0.25) is 5.91 Å². The number of carbonyl (C=O) groups is 3. The number of nitrogens with one attached hydrogen (secondary N) is 1. The molecule has 5 rings (SSSR count). The zero-order valence-electron chi connectivity index (χ0n) is 26.1. The van der Waals surface area contributed by atoms with Crippen LogP contribution in [0.15, 0.2) is 91.1 Å². The Kier molecular flexibility index (Phi) is 10.1. The summed E-state index contributed by atoms with van der Waals surface area (Å²) in [7, 11) is 0. The molecule has 3 amide bonds. The normalized spacial score (nSPS) is 18.4. The molecule has 3 N–H and O–H groups in total. The molecule has 0 bridgehead atoms. The van der Waals surface area contributed by atoms with Crippen molar-refractivity contribution in [2.45, 2.75) is 64.2 Å². The first-order valence-corrected chi connectivity index (χ1v) is 15.5. The first-order valence-electron chi connectivity index (χ1n) is 15.5. The highest BCUT2D eigenvalue weighted by Gasteiger charge is 2.45. The summed E-state index contributed by atoms with van der Waals surface area (Å²) in [5, 5.41) is 4.72. The predicted octanol–water partition coefficient (Wildman–Crippen LogP) is 6.02. The molecule has 4 aromatic rings.